The second-order valence-corrected chi connectivity index (χ2v) is 2.83. The van der Waals surface area contributed by atoms with Crippen molar-refractivity contribution < 1.29 is 4.52 Å². The third-order valence-electron chi connectivity index (χ3n) is 1.69. The van der Waals surface area contributed by atoms with Gasteiger partial charge in [0.1, 0.15) is 0 Å². The summed E-state index contributed by atoms with van der Waals surface area (Å²) in [5.41, 5.74) is 1.83. The Kier molecular flexibility index (Phi) is 1.81. The maximum atomic E-state index is 4.99. The molecule has 0 aliphatic rings. The van der Waals surface area contributed by atoms with Gasteiger partial charge in [-0.05, 0) is 26.0 Å². The molecule has 2 aromatic rings. The van der Waals surface area contributed by atoms with Crippen LogP contribution in [-0.4, -0.2) is 15.1 Å². The highest BCUT2D eigenvalue weighted by Crippen LogP contribution is 2.15. The van der Waals surface area contributed by atoms with Crippen molar-refractivity contribution in [1.29, 1.82) is 0 Å². The lowest BCUT2D eigenvalue weighted by molar-refractivity contribution is 0.425. The van der Waals surface area contributed by atoms with E-state index in [1.165, 1.54) is 0 Å². The van der Waals surface area contributed by atoms with E-state index in [0.29, 0.717) is 11.7 Å². The summed E-state index contributed by atoms with van der Waals surface area (Å²) in [5.74, 6) is 1.15. The summed E-state index contributed by atoms with van der Waals surface area (Å²) in [5, 5.41) is 3.70. The highest BCUT2D eigenvalue weighted by molar-refractivity contribution is 5.50. The van der Waals surface area contributed by atoms with Crippen LogP contribution in [0, 0.1) is 13.8 Å². The van der Waals surface area contributed by atoms with Crippen LogP contribution in [0.2, 0.25) is 0 Å². The largest absolute Gasteiger partial charge is 0.334 e. The van der Waals surface area contributed by atoms with E-state index in [1.54, 1.807) is 13.1 Å². The average molecular weight is 175 g/mol. The Labute approximate surface area is 75.6 Å². The maximum Gasteiger partial charge on any atom is 0.259 e. The van der Waals surface area contributed by atoms with Crippen molar-refractivity contribution in [3.05, 3.63) is 29.8 Å². The summed E-state index contributed by atoms with van der Waals surface area (Å²) in [6.45, 7) is 3.72. The molecule has 0 spiro atoms. The predicted molar refractivity (Wildman–Crippen MR) is 47.0 cm³/mol. The van der Waals surface area contributed by atoms with Gasteiger partial charge >= 0.3 is 0 Å². The van der Waals surface area contributed by atoms with Crippen molar-refractivity contribution in [2.45, 2.75) is 13.8 Å². The monoisotopic (exact) mass is 175 g/mol. The van der Waals surface area contributed by atoms with E-state index in [4.69, 9.17) is 4.52 Å². The van der Waals surface area contributed by atoms with Gasteiger partial charge in [0.2, 0.25) is 0 Å². The minimum absolute atomic E-state index is 0.519. The number of hydrogen-bond acceptors (Lipinski definition) is 4. The fourth-order valence-electron chi connectivity index (χ4n) is 1.01. The molecule has 2 aromatic heterocycles. The fourth-order valence-corrected chi connectivity index (χ4v) is 1.01. The van der Waals surface area contributed by atoms with E-state index in [9.17, 15) is 0 Å². The Morgan fingerprint density at radius 3 is 2.62 bits per heavy atom. The van der Waals surface area contributed by atoms with Crippen LogP contribution in [0.1, 0.15) is 11.5 Å². The van der Waals surface area contributed by atoms with E-state index < -0.39 is 0 Å². The first-order valence-electron chi connectivity index (χ1n) is 3.99. The quantitative estimate of drug-likeness (QED) is 0.662. The molecule has 0 atom stereocenters. The number of pyridine rings is 1. The van der Waals surface area contributed by atoms with Crippen molar-refractivity contribution in [1.82, 2.24) is 15.1 Å². The lowest BCUT2D eigenvalue weighted by Gasteiger charge is -1.93. The van der Waals surface area contributed by atoms with Gasteiger partial charge in [-0.2, -0.15) is 4.98 Å². The minimum Gasteiger partial charge on any atom is -0.334 e. The molecule has 0 radical (unpaired) electrons. The lowest BCUT2D eigenvalue weighted by atomic mass is 10.2. The molecule has 4 nitrogen and oxygen atoms in total. The van der Waals surface area contributed by atoms with Crippen molar-refractivity contribution in [2.24, 2.45) is 0 Å². The van der Waals surface area contributed by atoms with Gasteiger partial charge in [-0.25, -0.2) is 0 Å². The van der Waals surface area contributed by atoms with Crippen LogP contribution in [0.3, 0.4) is 0 Å². The first-order valence-corrected chi connectivity index (χ1v) is 3.99. The zero-order valence-corrected chi connectivity index (χ0v) is 7.48. The van der Waals surface area contributed by atoms with E-state index in [2.05, 4.69) is 15.1 Å². The van der Waals surface area contributed by atoms with E-state index in [-0.39, 0.29) is 0 Å². The fraction of sp³-hybridized carbons (Fsp3) is 0.222. The summed E-state index contributed by atoms with van der Waals surface area (Å²) in [4.78, 5) is 8.23. The molecule has 0 saturated carbocycles. The van der Waals surface area contributed by atoms with Crippen molar-refractivity contribution in [3.8, 4) is 11.5 Å². The molecule has 66 valence electrons. The van der Waals surface area contributed by atoms with Crippen LogP contribution in [0.4, 0.5) is 0 Å². The second-order valence-electron chi connectivity index (χ2n) is 2.83. The molecular weight excluding hydrogens is 166 g/mol. The summed E-state index contributed by atoms with van der Waals surface area (Å²) >= 11 is 0. The molecule has 0 aromatic carbocycles. The van der Waals surface area contributed by atoms with Gasteiger partial charge in [-0.3, -0.25) is 4.98 Å². The lowest BCUT2D eigenvalue weighted by Crippen LogP contribution is -1.82. The van der Waals surface area contributed by atoms with Crippen LogP contribution < -0.4 is 0 Å². The van der Waals surface area contributed by atoms with Crippen molar-refractivity contribution in [3.63, 3.8) is 0 Å². The maximum absolute atomic E-state index is 4.99. The SMILES string of the molecule is Cc1ccc(-c2nc(C)no2)cn1. The van der Waals surface area contributed by atoms with Gasteiger partial charge in [-0.1, -0.05) is 5.16 Å². The van der Waals surface area contributed by atoms with Gasteiger partial charge < -0.3 is 4.52 Å². The molecular formula is C9H9N3O. The smallest absolute Gasteiger partial charge is 0.259 e. The zero-order chi connectivity index (χ0) is 9.26. The van der Waals surface area contributed by atoms with Gasteiger partial charge in [0.15, 0.2) is 5.82 Å². The number of hydrogen-bond donors (Lipinski definition) is 0. The van der Waals surface area contributed by atoms with Crippen LogP contribution >= 0.6 is 0 Å². The standard InChI is InChI=1S/C9H9N3O/c1-6-3-4-8(5-10-6)9-11-7(2)12-13-9/h3-5H,1-2H3. The highest BCUT2D eigenvalue weighted by atomic mass is 16.5. The van der Waals surface area contributed by atoms with Crippen LogP contribution in [0.15, 0.2) is 22.9 Å². The first-order chi connectivity index (χ1) is 6.25. The Morgan fingerprint density at radius 2 is 2.08 bits per heavy atom. The third-order valence-corrected chi connectivity index (χ3v) is 1.69. The van der Waals surface area contributed by atoms with Crippen LogP contribution in [0.5, 0.6) is 0 Å². The summed E-state index contributed by atoms with van der Waals surface area (Å²) in [7, 11) is 0. The molecule has 13 heavy (non-hydrogen) atoms. The Morgan fingerprint density at radius 1 is 1.23 bits per heavy atom. The molecule has 0 aliphatic carbocycles. The van der Waals surface area contributed by atoms with E-state index in [1.807, 2.05) is 19.1 Å². The molecule has 0 bridgehead atoms. The normalized spacial score (nSPS) is 10.3. The predicted octanol–water partition coefficient (Wildman–Crippen LogP) is 1.75. The van der Waals surface area contributed by atoms with Gasteiger partial charge in [-0.15, -0.1) is 0 Å². The van der Waals surface area contributed by atoms with E-state index >= 15 is 0 Å². The summed E-state index contributed by atoms with van der Waals surface area (Å²) in [6.07, 6.45) is 1.72. The molecule has 0 saturated heterocycles. The highest BCUT2D eigenvalue weighted by Gasteiger charge is 2.05. The van der Waals surface area contributed by atoms with E-state index in [0.717, 1.165) is 11.3 Å². The third kappa shape index (κ3) is 1.56. The molecule has 2 heterocycles. The first kappa shape index (κ1) is 7.91. The second kappa shape index (κ2) is 2.97. The summed E-state index contributed by atoms with van der Waals surface area (Å²) < 4.78 is 4.99. The Balaban J connectivity index is 2.41. The zero-order valence-electron chi connectivity index (χ0n) is 7.48. The molecule has 2 rings (SSSR count). The minimum atomic E-state index is 0.519. The Hall–Kier alpha value is -1.71. The number of nitrogens with zero attached hydrogens (tertiary/aromatic N) is 3. The van der Waals surface area contributed by atoms with Gasteiger partial charge in [0.05, 0.1) is 5.56 Å². The van der Waals surface area contributed by atoms with Crippen molar-refractivity contribution in [2.75, 3.05) is 0 Å². The number of aryl methyl sites for hydroxylation is 2. The van der Waals surface area contributed by atoms with Crippen molar-refractivity contribution >= 4 is 0 Å². The molecule has 0 amide bonds. The molecule has 0 N–H and O–H groups in total. The number of rotatable bonds is 1. The molecule has 0 unspecified atom stereocenters. The molecule has 4 heteroatoms. The van der Waals surface area contributed by atoms with Gasteiger partial charge in [0, 0.05) is 11.9 Å². The van der Waals surface area contributed by atoms with Gasteiger partial charge in [0.25, 0.3) is 5.89 Å². The summed E-state index contributed by atoms with van der Waals surface area (Å²) in [6, 6.07) is 3.82. The van der Waals surface area contributed by atoms with Crippen LogP contribution in [0.25, 0.3) is 11.5 Å². The topological polar surface area (TPSA) is 51.8 Å². The molecule has 0 aliphatic heterocycles. The van der Waals surface area contributed by atoms with Crippen LogP contribution in [-0.2, 0) is 0 Å². The Bertz CT molecular complexity index is 405. The number of aromatic nitrogens is 3. The average Bonchev–Trinajstić information content (AvgIpc) is 2.53. The molecule has 0 fully saturated rings.